The maximum absolute atomic E-state index is 11.1. The molecule has 25 heavy (non-hydrogen) atoms. The standard InChI is InChI=1S/C21H34O4/c1-4-11-5-6-12-15-13(7-9-20(11,12)2)21(3)10-8-14(22)17(23)16(21)19(25)18(15)24/h4,12-19,22-25H,5-10H2,1-3H3/t12?,13?,14-,15?,16?,17+,18-,19-,20-,21-/m1/s1. The Morgan fingerprint density at radius 3 is 2.28 bits per heavy atom. The van der Waals surface area contributed by atoms with E-state index in [-0.39, 0.29) is 16.7 Å². The van der Waals surface area contributed by atoms with E-state index in [1.807, 2.05) is 0 Å². The molecule has 4 N–H and O–H groups in total. The zero-order valence-corrected chi connectivity index (χ0v) is 15.7. The molecule has 4 fully saturated rings. The average Bonchev–Trinajstić information content (AvgIpc) is 2.92. The first kappa shape index (κ1) is 18.0. The summed E-state index contributed by atoms with van der Waals surface area (Å²) in [6, 6.07) is 0. The van der Waals surface area contributed by atoms with Gasteiger partial charge in [0, 0.05) is 5.92 Å². The second kappa shape index (κ2) is 5.79. The average molecular weight is 350 g/mol. The maximum Gasteiger partial charge on any atom is 0.0861 e. The number of hydrogen-bond acceptors (Lipinski definition) is 4. The molecule has 4 nitrogen and oxygen atoms in total. The van der Waals surface area contributed by atoms with Crippen molar-refractivity contribution in [1.29, 1.82) is 0 Å². The minimum atomic E-state index is -0.951. The smallest absolute Gasteiger partial charge is 0.0861 e. The predicted molar refractivity (Wildman–Crippen MR) is 95.7 cm³/mol. The molecule has 4 aliphatic carbocycles. The molecule has 0 aromatic heterocycles. The second-order valence-electron chi connectivity index (χ2n) is 9.71. The third-order valence-electron chi connectivity index (χ3n) is 8.99. The fraction of sp³-hybridized carbons (Fsp3) is 0.905. The van der Waals surface area contributed by atoms with Crippen LogP contribution in [0.1, 0.15) is 59.3 Å². The van der Waals surface area contributed by atoms with Gasteiger partial charge in [-0.2, -0.15) is 0 Å². The van der Waals surface area contributed by atoms with Gasteiger partial charge in [0.2, 0.25) is 0 Å². The summed E-state index contributed by atoms with van der Waals surface area (Å²) in [6.07, 6.45) is 4.55. The summed E-state index contributed by atoms with van der Waals surface area (Å²) in [4.78, 5) is 0. The van der Waals surface area contributed by atoms with Gasteiger partial charge in [-0.15, -0.1) is 0 Å². The molecule has 4 aliphatic rings. The zero-order chi connectivity index (χ0) is 18.1. The maximum atomic E-state index is 11.1. The summed E-state index contributed by atoms with van der Waals surface area (Å²) in [5, 5.41) is 42.8. The molecule has 4 rings (SSSR count). The van der Waals surface area contributed by atoms with E-state index in [2.05, 4.69) is 26.8 Å². The lowest BCUT2D eigenvalue weighted by Gasteiger charge is -2.64. The van der Waals surface area contributed by atoms with Gasteiger partial charge in [0.15, 0.2) is 0 Å². The second-order valence-corrected chi connectivity index (χ2v) is 9.71. The number of hydrogen-bond donors (Lipinski definition) is 4. The number of fused-ring (bicyclic) bond motifs is 5. The molecule has 4 unspecified atom stereocenters. The molecule has 4 saturated carbocycles. The minimum Gasteiger partial charge on any atom is -0.390 e. The molecule has 0 bridgehead atoms. The molecule has 0 saturated heterocycles. The predicted octanol–water partition coefficient (Wildman–Crippen LogP) is 2.25. The molecule has 0 spiro atoms. The summed E-state index contributed by atoms with van der Waals surface area (Å²) >= 11 is 0. The lowest BCUT2D eigenvalue weighted by molar-refractivity contribution is -0.247. The Balaban J connectivity index is 1.74. The van der Waals surface area contributed by atoms with Gasteiger partial charge in [-0.3, -0.25) is 0 Å². The first-order chi connectivity index (χ1) is 11.8. The molecule has 0 aromatic carbocycles. The topological polar surface area (TPSA) is 80.9 Å². The van der Waals surface area contributed by atoms with Crippen LogP contribution in [0.15, 0.2) is 11.6 Å². The Hall–Kier alpha value is -0.420. The highest BCUT2D eigenvalue weighted by Crippen LogP contribution is 2.67. The summed E-state index contributed by atoms with van der Waals surface area (Å²) < 4.78 is 0. The normalized spacial score (nSPS) is 60.0. The number of allylic oxidation sites excluding steroid dienone is 2. The van der Waals surface area contributed by atoms with Crippen molar-refractivity contribution in [3.63, 3.8) is 0 Å². The largest absolute Gasteiger partial charge is 0.390 e. The Bertz CT molecular complexity index is 574. The van der Waals surface area contributed by atoms with Gasteiger partial charge in [0.1, 0.15) is 0 Å². The molecular formula is C21H34O4. The number of aliphatic hydroxyl groups is 4. The van der Waals surface area contributed by atoms with Crippen molar-refractivity contribution >= 4 is 0 Å². The van der Waals surface area contributed by atoms with Crippen LogP contribution in [0, 0.1) is 34.5 Å². The summed E-state index contributed by atoms with van der Waals surface area (Å²) in [6.45, 7) is 6.66. The van der Waals surface area contributed by atoms with Crippen LogP contribution in [-0.4, -0.2) is 44.8 Å². The van der Waals surface area contributed by atoms with Crippen LogP contribution in [0.2, 0.25) is 0 Å². The SMILES string of the molecule is CC=C1CCC2C3C(CC[C@]12C)[C@@]1(C)CC[C@@H](O)[C@H](O)C1[C@@H](O)[C@@H]3O. The van der Waals surface area contributed by atoms with Gasteiger partial charge in [-0.25, -0.2) is 0 Å². The molecule has 0 amide bonds. The van der Waals surface area contributed by atoms with E-state index >= 15 is 0 Å². The van der Waals surface area contributed by atoms with Crippen molar-refractivity contribution in [3.05, 3.63) is 11.6 Å². The van der Waals surface area contributed by atoms with Crippen LogP contribution in [0.3, 0.4) is 0 Å². The Morgan fingerprint density at radius 1 is 0.880 bits per heavy atom. The third-order valence-corrected chi connectivity index (χ3v) is 8.99. The van der Waals surface area contributed by atoms with E-state index in [1.54, 1.807) is 0 Å². The van der Waals surface area contributed by atoms with Crippen molar-refractivity contribution in [1.82, 2.24) is 0 Å². The summed E-state index contributed by atoms with van der Waals surface area (Å²) in [7, 11) is 0. The van der Waals surface area contributed by atoms with Crippen molar-refractivity contribution < 1.29 is 20.4 Å². The number of aliphatic hydroxyl groups excluding tert-OH is 4. The van der Waals surface area contributed by atoms with Gasteiger partial charge in [0.25, 0.3) is 0 Å². The van der Waals surface area contributed by atoms with Gasteiger partial charge < -0.3 is 20.4 Å². The highest BCUT2D eigenvalue weighted by atomic mass is 16.3. The van der Waals surface area contributed by atoms with Gasteiger partial charge >= 0.3 is 0 Å². The Morgan fingerprint density at radius 2 is 1.60 bits per heavy atom. The van der Waals surface area contributed by atoms with E-state index in [9.17, 15) is 20.4 Å². The van der Waals surface area contributed by atoms with E-state index in [1.165, 1.54) is 5.57 Å². The molecular weight excluding hydrogens is 316 g/mol. The minimum absolute atomic E-state index is 0.0925. The van der Waals surface area contributed by atoms with Crippen LogP contribution in [-0.2, 0) is 0 Å². The number of rotatable bonds is 0. The zero-order valence-electron chi connectivity index (χ0n) is 15.7. The molecule has 10 atom stereocenters. The highest BCUT2D eigenvalue weighted by molar-refractivity contribution is 5.25. The quantitative estimate of drug-likeness (QED) is 0.505. The molecule has 142 valence electrons. The van der Waals surface area contributed by atoms with Crippen molar-refractivity contribution in [2.75, 3.05) is 0 Å². The van der Waals surface area contributed by atoms with E-state index < -0.39 is 30.3 Å². The van der Waals surface area contributed by atoms with E-state index in [0.29, 0.717) is 18.3 Å². The molecule has 0 aliphatic heterocycles. The van der Waals surface area contributed by atoms with Crippen LogP contribution in [0.5, 0.6) is 0 Å². The van der Waals surface area contributed by atoms with Crippen LogP contribution in [0.25, 0.3) is 0 Å². The van der Waals surface area contributed by atoms with Crippen LogP contribution < -0.4 is 0 Å². The lowest BCUT2D eigenvalue weighted by atomic mass is 9.43. The Labute approximate surface area is 151 Å². The van der Waals surface area contributed by atoms with Crippen LogP contribution in [0.4, 0.5) is 0 Å². The highest BCUT2D eigenvalue weighted by Gasteiger charge is 2.65. The molecule has 0 heterocycles. The van der Waals surface area contributed by atoms with Gasteiger partial charge in [-0.1, -0.05) is 25.5 Å². The van der Waals surface area contributed by atoms with Crippen LogP contribution >= 0.6 is 0 Å². The van der Waals surface area contributed by atoms with Gasteiger partial charge in [0.05, 0.1) is 24.4 Å². The molecule has 0 radical (unpaired) electrons. The first-order valence-corrected chi connectivity index (χ1v) is 10.1. The van der Waals surface area contributed by atoms with Crippen molar-refractivity contribution in [2.45, 2.75) is 83.7 Å². The third kappa shape index (κ3) is 2.20. The Kier molecular flexibility index (Phi) is 4.16. The first-order valence-electron chi connectivity index (χ1n) is 10.1. The fourth-order valence-electron chi connectivity index (χ4n) is 7.65. The van der Waals surface area contributed by atoms with Gasteiger partial charge in [-0.05, 0) is 74.0 Å². The fourth-order valence-corrected chi connectivity index (χ4v) is 7.65. The summed E-state index contributed by atoms with van der Waals surface area (Å²) in [5.74, 6) is 0.380. The molecule has 4 heteroatoms. The summed E-state index contributed by atoms with van der Waals surface area (Å²) in [5.41, 5.74) is 1.46. The van der Waals surface area contributed by atoms with E-state index in [0.717, 1.165) is 32.1 Å². The molecule has 0 aromatic rings. The lowest BCUT2D eigenvalue weighted by Crippen LogP contribution is -2.67. The monoisotopic (exact) mass is 350 g/mol. The van der Waals surface area contributed by atoms with E-state index in [4.69, 9.17) is 0 Å². The van der Waals surface area contributed by atoms with Crippen molar-refractivity contribution in [3.8, 4) is 0 Å². The van der Waals surface area contributed by atoms with Crippen molar-refractivity contribution in [2.24, 2.45) is 34.5 Å².